The van der Waals surface area contributed by atoms with Crippen molar-refractivity contribution in [2.75, 3.05) is 27.9 Å². The molecule has 144 valence electrons. The maximum absolute atomic E-state index is 12.1. The molecule has 27 heavy (non-hydrogen) atoms. The van der Waals surface area contributed by atoms with E-state index in [2.05, 4.69) is 14.9 Å². The van der Waals surface area contributed by atoms with Gasteiger partial charge in [0, 0.05) is 37.5 Å². The number of rotatable bonds is 9. The molecule has 1 saturated carbocycles. The Labute approximate surface area is 158 Å². The number of hydrogen-bond donors (Lipinski definition) is 1. The van der Waals surface area contributed by atoms with Crippen LogP contribution in [-0.4, -0.2) is 43.3 Å². The van der Waals surface area contributed by atoms with Crippen LogP contribution in [0.3, 0.4) is 0 Å². The molecular weight excluding hydrogens is 346 g/mol. The first-order valence-corrected chi connectivity index (χ1v) is 8.93. The number of nitrogens with one attached hydrogen (secondary N) is 1. The van der Waals surface area contributed by atoms with Gasteiger partial charge in [-0.2, -0.15) is 0 Å². The van der Waals surface area contributed by atoms with Crippen molar-refractivity contribution in [1.29, 1.82) is 0 Å². The number of methoxy groups -OCH3 is 3. The molecule has 1 aromatic carbocycles. The van der Waals surface area contributed by atoms with Crippen LogP contribution in [0, 0.1) is 0 Å². The topological polar surface area (TPSA) is 74.6 Å². The van der Waals surface area contributed by atoms with Gasteiger partial charge in [-0.1, -0.05) is 0 Å². The van der Waals surface area contributed by atoms with Crippen molar-refractivity contribution >= 4 is 12.0 Å². The van der Waals surface area contributed by atoms with Gasteiger partial charge >= 0.3 is 0 Å². The minimum Gasteiger partial charge on any atom is -0.493 e. The summed E-state index contributed by atoms with van der Waals surface area (Å²) < 4.78 is 18.0. The lowest BCUT2D eigenvalue weighted by atomic mass is 10.1. The minimum atomic E-state index is -0.156. The monoisotopic (exact) mass is 371 g/mol. The third kappa shape index (κ3) is 4.61. The second kappa shape index (κ2) is 8.62. The van der Waals surface area contributed by atoms with Gasteiger partial charge in [-0.15, -0.1) is 0 Å². The summed E-state index contributed by atoms with van der Waals surface area (Å²) in [7, 11) is 4.67. The van der Waals surface area contributed by atoms with Gasteiger partial charge in [0.05, 0.1) is 21.3 Å². The minimum absolute atomic E-state index is 0.156. The number of amides is 1. The number of carbonyl (C=O) groups is 1. The van der Waals surface area contributed by atoms with Gasteiger partial charge in [0.1, 0.15) is 5.82 Å². The fourth-order valence-electron chi connectivity index (χ4n) is 2.94. The number of ether oxygens (including phenoxy) is 3. The summed E-state index contributed by atoms with van der Waals surface area (Å²) in [5.74, 6) is 3.17. The molecule has 3 rings (SSSR count). The zero-order valence-corrected chi connectivity index (χ0v) is 15.9. The van der Waals surface area contributed by atoms with E-state index in [0.717, 1.165) is 17.9 Å². The normalized spacial score (nSPS) is 13.6. The van der Waals surface area contributed by atoms with E-state index >= 15 is 0 Å². The summed E-state index contributed by atoms with van der Waals surface area (Å²) in [4.78, 5) is 16.5. The molecule has 7 heteroatoms. The summed E-state index contributed by atoms with van der Waals surface area (Å²) in [6.45, 7) is 1.27. The molecule has 1 aliphatic rings. The first-order valence-electron chi connectivity index (χ1n) is 8.93. The molecule has 0 radical (unpaired) electrons. The molecule has 1 N–H and O–H groups in total. The molecule has 7 nitrogen and oxygen atoms in total. The smallest absolute Gasteiger partial charge is 0.244 e. The number of hydrogen-bond acceptors (Lipinski definition) is 5. The third-order valence-electron chi connectivity index (χ3n) is 4.46. The molecule has 1 aromatic heterocycles. The van der Waals surface area contributed by atoms with Crippen LogP contribution in [0.4, 0.5) is 0 Å². The second-order valence-corrected chi connectivity index (χ2v) is 6.34. The second-order valence-electron chi connectivity index (χ2n) is 6.34. The predicted molar refractivity (Wildman–Crippen MR) is 102 cm³/mol. The molecular formula is C20H25N3O4. The number of benzene rings is 1. The Morgan fingerprint density at radius 3 is 2.52 bits per heavy atom. The lowest BCUT2D eigenvalue weighted by molar-refractivity contribution is -0.116. The number of imidazole rings is 1. The Morgan fingerprint density at radius 1 is 1.22 bits per heavy atom. The number of nitrogens with zero attached hydrogens (tertiary/aromatic N) is 2. The molecule has 1 amide bonds. The van der Waals surface area contributed by atoms with Crippen molar-refractivity contribution in [2.24, 2.45) is 0 Å². The van der Waals surface area contributed by atoms with Crippen LogP contribution < -0.4 is 19.5 Å². The Morgan fingerprint density at radius 2 is 1.93 bits per heavy atom. The summed E-state index contributed by atoms with van der Waals surface area (Å²) in [6.07, 6.45) is 9.41. The van der Waals surface area contributed by atoms with E-state index in [1.165, 1.54) is 18.9 Å². The summed E-state index contributed by atoms with van der Waals surface area (Å²) in [5.41, 5.74) is 0.783. The molecule has 0 spiro atoms. The van der Waals surface area contributed by atoms with E-state index in [1.807, 2.05) is 12.4 Å². The Bertz CT molecular complexity index is 799. The highest BCUT2D eigenvalue weighted by Crippen LogP contribution is 2.39. The number of carbonyl (C=O) groups excluding carboxylic acids is 1. The van der Waals surface area contributed by atoms with Gasteiger partial charge in [-0.3, -0.25) is 4.79 Å². The molecule has 0 aliphatic heterocycles. The number of aromatic nitrogens is 2. The zero-order valence-electron chi connectivity index (χ0n) is 15.9. The standard InChI is InChI=1S/C20H25N3O4/c1-25-16-12-14(13-17(26-2)19(16)27-3)4-7-18(24)21-8-10-23-11-9-22-20(23)15-5-6-15/h4,7,9,11-13,15H,5-6,8,10H2,1-3H3,(H,21,24)/b7-4+. The van der Waals surface area contributed by atoms with Gasteiger partial charge in [-0.05, 0) is 36.6 Å². The van der Waals surface area contributed by atoms with Crippen molar-refractivity contribution in [1.82, 2.24) is 14.9 Å². The Hall–Kier alpha value is -2.96. The fourth-order valence-corrected chi connectivity index (χ4v) is 2.94. The fraction of sp³-hybridized carbons (Fsp3) is 0.400. The van der Waals surface area contributed by atoms with E-state index in [1.54, 1.807) is 39.5 Å². The average molecular weight is 371 g/mol. The maximum atomic E-state index is 12.1. The van der Waals surface area contributed by atoms with Crippen molar-refractivity contribution in [3.05, 3.63) is 42.0 Å². The zero-order chi connectivity index (χ0) is 19.2. The molecule has 0 atom stereocenters. The highest BCUT2D eigenvalue weighted by Gasteiger charge is 2.27. The first kappa shape index (κ1) is 18.8. The largest absolute Gasteiger partial charge is 0.493 e. The van der Waals surface area contributed by atoms with Gasteiger partial charge in [0.25, 0.3) is 0 Å². The maximum Gasteiger partial charge on any atom is 0.244 e. The van der Waals surface area contributed by atoms with Crippen molar-refractivity contribution < 1.29 is 19.0 Å². The Kier molecular flexibility index (Phi) is 6.01. The van der Waals surface area contributed by atoms with Crippen molar-refractivity contribution in [3.63, 3.8) is 0 Å². The molecule has 1 heterocycles. The SMILES string of the molecule is COc1cc(/C=C/C(=O)NCCn2ccnc2C2CC2)cc(OC)c1OC. The Balaban J connectivity index is 1.57. The molecule has 1 aliphatic carbocycles. The van der Waals surface area contributed by atoms with E-state index < -0.39 is 0 Å². The van der Waals surface area contributed by atoms with Gasteiger partial charge < -0.3 is 24.1 Å². The molecule has 0 saturated heterocycles. The molecule has 1 fully saturated rings. The quantitative estimate of drug-likeness (QED) is 0.686. The van der Waals surface area contributed by atoms with Crippen LogP contribution in [0.25, 0.3) is 6.08 Å². The van der Waals surface area contributed by atoms with Gasteiger partial charge in [-0.25, -0.2) is 4.98 Å². The van der Waals surface area contributed by atoms with E-state index in [9.17, 15) is 4.79 Å². The van der Waals surface area contributed by atoms with Crippen LogP contribution in [-0.2, 0) is 11.3 Å². The van der Waals surface area contributed by atoms with Gasteiger partial charge in [0.2, 0.25) is 11.7 Å². The van der Waals surface area contributed by atoms with Crippen LogP contribution in [0.15, 0.2) is 30.6 Å². The lowest BCUT2D eigenvalue weighted by Gasteiger charge is -2.12. The van der Waals surface area contributed by atoms with Crippen LogP contribution in [0.5, 0.6) is 17.2 Å². The predicted octanol–water partition coefficient (Wildman–Crippen LogP) is 2.62. The summed E-state index contributed by atoms with van der Waals surface area (Å²) in [6, 6.07) is 3.58. The van der Waals surface area contributed by atoms with E-state index in [-0.39, 0.29) is 5.91 Å². The first-order chi connectivity index (χ1) is 13.2. The summed E-state index contributed by atoms with van der Waals surface area (Å²) >= 11 is 0. The van der Waals surface area contributed by atoms with E-state index in [0.29, 0.717) is 29.7 Å². The molecule has 0 bridgehead atoms. The average Bonchev–Trinajstić information content (AvgIpc) is 3.43. The molecule has 2 aromatic rings. The van der Waals surface area contributed by atoms with Crippen molar-refractivity contribution in [3.8, 4) is 17.2 Å². The summed E-state index contributed by atoms with van der Waals surface area (Å²) in [5, 5.41) is 2.90. The highest BCUT2D eigenvalue weighted by atomic mass is 16.5. The van der Waals surface area contributed by atoms with Crippen LogP contribution in [0.2, 0.25) is 0 Å². The highest BCUT2D eigenvalue weighted by molar-refractivity contribution is 5.91. The lowest BCUT2D eigenvalue weighted by Crippen LogP contribution is -2.25. The third-order valence-corrected chi connectivity index (χ3v) is 4.46. The van der Waals surface area contributed by atoms with E-state index in [4.69, 9.17) is 14.2 Å². The molecule has 0 unspecified atom stereocenters. The van der Waals surface area contributed by atoms with Crippen LogP contribution in [0.1, 0.15) is 30.1 Å². The van der Waals surface area contributed by atoms with Crippen molar-refractivity contribution in [2.45, 2.75) is 25.3 Å². The van der Waals surface area contributed by atoms with Crippen LogP contribution >= 0.6 is 0 Å². The van der Waals surface area contributed by atoms with Gasteiger partial charge in [0.15, 0.2) is 11.5 Å².